The molecule has 29 heavy (non-hydrogen) atoms. The van der Waals surface area contributed by atoms with Crippen molar-refractivity contribution in [2.75, 3.05) is 14.2 Å². The highest BCUT2D eigenvalue weighted by Gasteiger charge is 2.16. The molecule has 0 saturated heterocycles. The zero-order valence-corrected chi connectivity index (χ0v) is 17.4. The summed E-state index contributed by atoms with van der Waals surface area (Å²) in [6, 6.07) is 10.5. The largest absolute Gasteiger partial charge is 0.493 e. The Balaban J connectivity index is 2.00. The third-order valence-corrected chi connectivity index (χ3v) is 4.32. The van der Waals surface area contributed by atoms with Crippen LogP contribution < -0.4 is 14.2 Å². The van der Waals surface area contributed by atoms with Gasteiger partial charge in [-0.15, -0.1) is 0 Å². The van der Waals surface area contributed by atoms with E-state index in [2.05, 4.69) is 15.3 Å². The summed E-state index contributed by atoms with van der Waals surface area (Å²) in [6.45, 7) is 1.30. The minimum absolute atomic E-state index is 0.196. The molecule has 3 aromatic rings. The molecule has 0 atom stereocenters. The predicted molar refractivity (Wildman–Crippen MR) is 112 cm³/mol. The van der Waals surface area contributed by atoms with Gasteiger partial charge in [0.25, 0.3) is 0 Å². The third kappa shape index (κ3) is 4.64. The molecular formula is C19H17ClN4O4S. The first-order valence-electron chi connectivity index (χ1n) is 8.35. The lowest BCUT2D eigenvalue weighted by atomic mass is 10.2. The van der Waals surface area contributed by atoms with Crippen LogP contribution in [0.5, 0.6) is 17.2 Å². The second-order valence-electron chi connectivity index (χ2n) is 5.76. The van der Waals surface area contributed by atoms with Crippen LogP contribution in [0, 0.1) is 4.77 Å². The lowest BCUT2D eigenvalue weighted by Crippen LogP contribution is -2.05. The zero-order valence-electron chi connectivity index (χ0n) is 15.8. The summed E-state index contributed by atoms with van der Waals surface area (Å²) in [5.74, 6) is 0.893. The first-order chi connectivity index (χ1) is 13.9. The van der Waals surface area contributed by atoms with E-state index in [1.807, 2.05) is 12.1 Å². The third-order valence-electron chi connectivity index (χ3n) is 3.80. The summed E-state index contributed by atoms with van der Waals surface area (Å²) in [7, 11) is 2.93. The van der Waals surface area contributed by atoms with Crippen molar-refractivity contribution >= 4 is 36.0 Å². The van der Waals surface area contributed by atoms with E-state index in [9.17, 15) is 4.79 Å². The van der Waals surface area contributed by atoms with Crippen LogP contribution in [0.15, 0.2) is 41.5 Å². The fraction of sp³-hybridized carbons (Fsp3) is 0.158. The van der Waals surface area contributed by atoms with Crippen LogP contribution in [0.25, 0.3) is 11.4 Å². The van der Waals surface area contributed by atoms with Crippen LogP contribution in [0.2, 0.25) is 5.02 Å². The van der Waals surface area contributed by atoms with Crippen molar-refractivity contribution in [2.24, 2.45) is 5.10 Å². The van der Waals surface area contributed by atoms with Gasteiger partial charge in [-0.3, -0.25) is 4.79 Å². The van der Waals surface area contributed by atoms with Gasteiger partial charge in [0.05, 0.1) is 20.4 Å². The highest BCUT2D eigenvalue weighted by Crippen LogP contribution is 2.38. The number of esters is 1. The van der Waals surface area contributed by atoms with Crippen LogP contribution in [-0.4, -0.2) is 41.3 Å². The number of ether oxygens (including phenoxy) is 3. The molecule has 0 amide bonds. The molecule has 2 aromatic carbocycles. The molecule has 150 valence electrons. The Labute approximate surface area is 176 Å². The highest BCUT2D eigenvalue weighted by molar-refractivity contribution is 7.71. The SMILES string of the molecule is COc1cc(C=Nn2c(-c3ccc(Cl)cc3)n[nH]c2=S)cc(OC)c1OC(C)=O. The number of hydrogen-bond acceptors (Lipinski definition) is 7. The Morgan fingerprint density at radius 3 is 2.38 bits per heavy atom. The van der Waals surface area contributed by atoms with Crippen molar-refractivity contribution in [1.29, 1.82) is 0 Å². The fourth-order valence-electron chi connectivity index (χ4n) is 2.53. The zero-order chi connectivity index (χ0) is 21.0. The summed E-state index contributed by atoms with van der Waals surface area (Å²) in [6.07, 6.45) is 1.56. The van der Waals surface area contributed by atoms with E-state index in [1.165, 1.54) is 25.8 Å². The number of halogens is 1. The van der Waals surface area contributed by atoms with Gasteiger partial charge >= 0.3 is 5.97 Å². The molecule has 0 aliphatic carbocycles. The van der Waals surface area contributed by atoms with Crippen molar-refractivity contribution < 1.29 is 19.0 Å². The van der Waals surface area contributed by atoms with E-state index in [0.29, 0.717) is 32.7 Å². The maximum absolute atomic E-state index is 11.4. The van der Waals surface area contributed by atoms with Gasteiger partial charge in [0.2, 0.25) is 10.5 Å². The molecule has 0 radical (unpaired) electrons. The van der Waals surface area contributed by atoms with Gasteiger partial charge < -0.3 is 14.2 Å². The van der Waals surface area contributed by atoms with E-state index in [-0.39, 0.29) is 5.75 Å². The molecule has 0 aliphatic heterocycles. The van der Waals surface area contributed by atoms with Crippen LogP contribution in [0.4, 0.5) is 0 Å². The molecule has 0 unspecified atom stereocenters. The number of H-pyrrole nitrogens is 1. The van der Waals surface area contributed by atoms with Crippen molar-refractivity contribution in [3.63, 3.8) is 0 Å². The number of nitrogens with one attached hydrogen (secondary N) is 1. The van der Waals surface area contributed by atoms with E-state index >= 15 is 0 Å². The van der Waals surface area contributed by atoms with Crippen LogP contribution >= 0.6 is 23.8 Å². The highest BCUT2D eigenvalue weighted by atomic mass is 35.5. The van der Waals surface area contributed by atoms with E-state index < -0.39 is 5.97 Å². The summed E-state index contributed by atoms with van der Waals surface area (Å²) in [5, 5.41) is 12.0. The van der Waals surface area contributed by atoms with E-state index in [0.717, 1.165) is 5.56 Å². The molecule has 8 nitrogen and oxygen atoms in total. The molecule has 0 aliphatic rings. The number of carbonyl (C=O) groups excluding carboxylic acids is 1. The van der Waals surface area contributed by atoms with Crippen molar-refractivity contribution in [2.45, 2.75) is 6.92 Å². The first-order valence-corrected chi connectivity index (χ1v) is 9.13. The van der Waals surface area contributed by atoms with Gasteiger partial charge in [-0.25, -0.2) is 5.10 Å². The number of carbonyl (C=O) groups is 1. The molecule has 0 saturated carbocycles. The van der Waals surface area contributed by atoms with Crippen molar-refractivity contribution in [1.82, 2.24) is 14.9 Å². The van der Waals surface area contributed by atoms with Gasteiger partial charge in [-0.05, 0) is 48.6 Å². The number of rotatable bonds is 6. The lowest BCUT2D eigenvalue weighted by Gasteiger charge is -2.13. The topological polar surface area (TPSA) is 90.7 Å². The summed E-state index contributed by atoms with van der Waals surface area (Å²) in [5.41, 5.74) is 1.43. The maximum Gasteiger partial charge on any atom is 0.308 e. The Morgan fingerprint density at radius 2 is 1.83 bits per heavy atom. The number of aromatic amines is 1. The Morgan fingerprint density at radius 1 is 1.21 bits per heavy atom. The summed E-state index contributed by atoms with van der Waals surface area (Å²) >= 11 is 11.2. The average molecular weight is 433 g/mol. The number of hydrogen-bond donors (Lipinski definition) is 1. The number of aromatic nitrogens is 3. The van der Waals surface area contributed by atoms with Crippen LogP contribution in [0.1, 0.15) is 12.5 Å². The molecule has 3 rings (SSSR count). The monoisotopic (exact) mass is 432 g/mol. The standard InChI is InChI=1S/C19H17ClN4O4S/c1-11(25)28-17-15(26-2)8-12(9-16(17)27-3)10-21-24-18(22-23-19(24)29)13-4-6-14(20)7-5-13/h4-10H,1-3H3,(H,23,29). The van der Waals surface area contributed by atoms with Gasteiger partial charge in [-0.2, -0.15) is 14.9 Å². The quantitative estimate of drug-likeness (QED) is 0.273. The number of benzene rings is 2. The molecule has 0 fully saturated rings. The molecule has 0 spiro atoms. The Hall–Kier alpha value is -3.17. The summed E-state index contributed by atoms with van der Waals surface area (Å²) < 4.78 is 17.6. The van der Waals surface area contributed by atoms with Crippen LogP contribution in [-0.2, 0) is 4.79 Å². The van der Waals surface area contributed by atoms with E-state index in [1.54, 1.807) is 30.5 Å². The van der Waals surface area contributed by atoms with Gasteiger partial charge in [0, 0.05) is 23.1 Å². The molecule has 1 N–H and O–H groups in total. The maximum atomic E-state index is 11.4. The van der Waals surface area contributed by atoms with Crippen LogP contribution in [0.3, 0.4) is 0 Å². The summed E-state index contributed by atoms with van der Waals surface area (Å²) in [4.78, 5) is 11.4. The van der Waals surface area contributed by atoms with Crippen molar-refractivity contribution in [3.05, 3.63) is 51.8 Å². The van der Waals surface area contributed by atoms with Gasteiger partial charge in [0.1, 0.15) is 0 Å². The molecule has 1 heterocycles. The molecule has 0 bridgehead atoms. The van der Waals surface area contributed by atoms with Crippen molar-refractivity contribution in [3.8, 4) is 28.6 Å². The normalized spacial score (nSPS) is 10.9. The molecule has 1 aromatic heterocycles. The fourth-order valence-corrected chi connectivity index (χ4v) is 2.83. The smallest absolute Gasteiger partial charge is 0.308 e. The second kappa shape index (κ2) is 8.89. The lowest BCUT2D eigenvalue weighted by molar-refractivity contribution is -0.132. The van der Waals surface area contributed by atoms with E-state index in [4.69, 9.17) is 38.0 Å². The van der Waals surface area contributed by atoms with Gasteiger partial charge in [-0.1, -0.05) is 11.6 Å². The average Bonchev–Trinajstić information content (AvgIpc) is 3.07. The number of methoxy groups -OCH3 is 2. The van der Waals surface area contributed by atoms with Gasteiger partial charge in [0.15, 0.2) is 17.3 Å². The Kier molecular flexibility index (Phi) is 6.30. The molecule has 10 heteroatoms. The predicted octanol–water partition coefficient (Wildman–Crippen LogP) is 4.09. The minimum Gasteiger partial charge on any atom is -0.493 e. The Bertz CT molecular complexity index is 1100. The first kappa shape index (κ1) is 20.6. The molecular weight excluding hydrogens is 416 g/mol. The number of nitrogens with zero attached hydrogens (tertiary/aromatic N) is 3. The second-order valence-corrected chi connectivity index (χ2v) is 6.59. The minimum atomic E-state index is -0.486.